The van der Waals surface area contributed by atoms with Gasteiger partial charge in [0.15, 0.2) is 0 Å². The summed E-state index contributed by atoms with van der Waals surface area (Å²) in [5.74, 6) is -1.09. The minimum Gasteiger partial charge on any atom is -0.395 e. The molecule has 1 N–H and O–H groups in total. The van der Waals surface area contributed by atoms with Gasteiger partial charge >= 0.3 is 0 Å². The number of carbonyl (C=O) groups excluding carboxylic acids is 2. The van der Waals surface area contributed by atoms with Gasteiger partial charge in [0.2, 0.25) is 0 Å². The van der Waals surface area contributed by atoms with E-state index in [4.69, 9.17) is 5.11 Å². The normalized spacial score (nSPS) is 14.7. The Labute approximate surface area is 94.6 Å². The second-order valence-corrected chi connectivity index (χ2v) is 4.09. The molecule has 5 heteroatoms. The van der Waals surface area contributed by atoms with Crippen molar-refractivity contribution < 1.29 is 14.7 Å². The maximum Gasteiger partial charge on any atom is 0.299 e. The molecule has 0 saturated heterocycles. The molecule has 1 heterocycles. The number of nitrogens with zero attached hydrogens (tertiary/aromatic N) is 1. The number of aliphatic hydroxyl groups is 1. The first-order valence-electron chi connectivity index (χ1n) is 4.41. The minimum atomic E-state index is -0.572. The highest BCUT2D eigenvalue weighted by Crippen LogP contribution is 2.30. The topological polar surface area (TPSA) is 57.6 Å². The van der Waals surface area contributed by atoms with Gasteiger partial charge in [-0.1, -0.05) is 15.9 Å². The Morgan fingerprint density at radius 2 is 2.07 bits per heavy atom. The predicted octanol–water partition coefficient (Wildman–Crippen LogP) is 0.971. The quantitative estimate of drug-likeness (QED) is 0.815. The summed E-state index contributed by atoms with van der Waals surface area (Å²) in [6.45, 7) is -0.00622. The van der Waals surface area contributed by atoms with Crippen LogP contribution in [0, 0.1) is 0 Å². The predicted molar refractivity (Wildman–Crippen MR) is 57.9 cm³/mol. The molecular formula is C10H8BrNO3. The molecule has 0 atom stereocenters. The molecule has 1 amide bonds. The van der Waals surface area contributed by atoms with Crippen LogP contribution in [0.3, 0.4) is 0 Å². The van der Waals surface area contributed by atoms with Gasteiger partial charge < -0.3 is 10.0 Å². The van der Waals surface area contributed by atoms with E-state index < -0.39 is 11.7 Å². The highest BCUT2D eigenvalue weighted by atomic mass is 79.9. The summed E-state index contributed by atoms with van der Waals surface area (Å²) in [7, 11) is 0. The number of halogens is 1. The fourth-order valence-corrected chi connectivity index (χ4v) is 1.96. The number of hydrogen-bond donors (Lipinski definition) is 1. The number of ketones is 1. The third-order valence-corrected chi connectivity index (χ3v) is 2.75. The lowest BCUT2D eigenvalue weighted by atomic mass is 10.1. The molecule has 0 aliphatic carbocycles. The van der Waals surface area contributed by atoms with Crippen LogP contribution in [0.15, 0.2) is 22.7 Å². The van der Waals surface area contributed by atoms with Crippen molar-refractivity contribution in [1.82, 2.24) is 0 Å². The summed E-state index contributed by atoms with van der Waals surface area (Å²) in [6, 6.07) is 5.07. The number of amides is 1. The molecule has 1 aromatic carbocycles. The number of aliphatic hydroxyl groups excluding tert-OH is 1. The summed E-state index contributed by atoms with van der Waals surface area (Å²) >= 11 is 3.24. The lowest BCUT2D eigenvalue weighted by Gasteiger charge is -2.14. The van der Waals surface area contributed by atoms with E-state index in [0.717, 1.165) is 4.47 Å². The van der Waals surface area contributed by atoms with E-state index >= 15 is 0 Å². The fraction of sp³-hybridized carbons (Fsp3) is 0.200. The zero-order valence-corrected chi connectivity index (χ0v) is 9.32. The fourth-order valence-electron chi connectivity index (χ4n) is 1.59. The highest BCUT2D eigenvalue weighted by molar-refractivity contribution is 9.10. The number of Topliss-reactive ketones (excluding diaryl/α,β-unsaturated/α-hetero) is 1. The summed E-state index contributed by atoms with van der Waals surface area (Å²) < 4.78 is 0.758. The van der Waals surface area contributed by atoms with Crippen LogP contribution in [-0.2, 0) is 4.79 Å². The average molecular weight is 270 g/mol. The monoisotopic (exact) mass is 269 g/mol. The number of hydrogen-bond acceptors (Lipinski definition) is 3. The van der Waals surface area contributed by atoms with Crippen molar-refractivity contribution in [1.29, 1.82) is 0 Å². The van der Waals surface area contributed by atoms with Crippen molar-refractivity contribution in [3.05, 3.63) is 28.2 Å². The summed E-state index contributed by atoms with van der Waals surface area (Å²) in [6.07, 6.45) is 0. The number of anilines is 1. The molecule has 2 rings (SSSR count). The molecule has 0 radical (unpaired) electrons. The first kappa shape index (κ1) is 10.3. The molecule has 1 aliphatic rings. The van der Waals surface area contributed by atoms with Crippen LogP contribution in [0.1, 0.15) is 10.4 Å². The first-order chi connectivity index (χ1) is 7.15. The van der Waals surface area contributed by atoms with Gasteiger partial charge in [0.1, 0.15) is 0 Å². The van der Waals surface area contributed by atoms with Crippen molar-refractivity contribution in [2.24, 2.45) is 0 Å². The zero-order chi connectivity index (χ0) is 11.0. The van der Waals surface area contributed by atoms with Crippen LogP contribution in [-0.4, -0.2) is 29.9 Å². The summed E-state index contributed by atoms with van der Waals surface area (Å²) in [4.78, 5) is 24.3. The molecule has 4 nitrogen and oxygen atoms in total. The number of benzene rings is 1. The second-order valence-electron chi connectivity index (χ2n) is 3.17. The molecule has 78 valence electrons. The Morgan fingerprint density at radius 3 is 2.73 bits per heavy atom. The standard InChI is InChI=1S/C10H8BrNO3/c11-6-1-2-8-7(5-6)9(14)10(15)12(8)3-4-13/h1-2,5,13H,3-4H2. The summed E-state index contributed by atoms with van der Waals surface area (Å²) in [5, 5.41) is 8.80. The number of fused-ring (bicyclic) bond motifs is 1. The lowest BCUT2D eigenvalue weighted by molar-refractivity contribution is -0.114. The zero-order valence-electron chi connectivity index (χ0n) is 7.74. The van der Waals surface area contributed by atoms with Crippen molar-refractivity contribution in [3.63, 3.8) is 0 Å². The molecule has 15 heavy (non-hydrogen) atoms. The van der Waals surface area contributed by atoms with Gasteiger partial charge in [-0.15, -0.1) is 0 Å². The van der Waals surface area contributed by atoms with Crippen LogP contribution in [0.5, 0.6) is 0 Å². The SMILES string of the molecule is O=C1C(=O)N(CCO)c2ccc(Br)cc21. The number of rotatable bonds is 2. The van der Waals surface area contributed by atoms with Crippen molar-refractivity contribution >= 4 is 33.3 Å². The number of carbonyl (C=O) groups is 2. The van der Waals surface area contributed by atoms with Crippen LogP contribution in [0.25, 0.3) is 0 Å². The van der Waals surface area contributed by atoms with Gasteiger partial charge in [-0.25, -0.2) is 0 Å². The maximum absolute atomic E-state index is 11.5. The van der Waals surface area contributed by atoms with Crippen molar-refractivity contribution in [2.45, 2.75) is 0 Å². The van der Waals surface area contributed by atoms with E-state index in [1.54, 1.807) is 18.2 Å². The van der Waals surface area contributed by atoms with Crippen LogP contribution in [0.2, 0.25) is 0 Å². The van der Waals surface area contributed by atoms with Crippen LogP contribution >= 0.6 is 15.9 Å². The Bertz CT molecular complexity index is 444. The Balaban J connectivity index is 2.50. The highest BCUT2D eigenvalue weighted by Gasteiger charge is 2.35. The lowest BCUT2D eigenvalue weighted by Crippen LogP contribution is -2.32. The second kappa shape index (κ2) is 3.75. The summed E-state index contributed by atoms with van der Waals surface area (Å²) in [5.41, 5.74) is 0.963. The average Bonchev–Trinajstić information content (AvgIpc) is 2.44. The Kier molecular flexibility index (Phi) is 2.58. The van der Waals surface area contributed by atoms with E-state index in [1.807, 2.05) is 0 Å². The van der Waals surface area contributed by atoms with Crippen molar-refractivity contribution in [3.8, 4) is 0 Å². The molecule has 0 bridgehead atoms. The van der Waals surface area contributed by atoms with Gasteiger partial charge in [-0.05, 0) is 18.2 Å². The molecule has 0 spiro atoms. The molecule has 0 saturated carbocycles. The largest absolute Gasteiger partial charge is 0.395 e. The van der Waals surface area contributed by atoms with Gasteiger partial charge in [0, 0.05) is 11.0 Å². The van der Waals surface area contributed by atoms with Gasteiger partial charge in [-0.3, -0.25) is 9.59 Å². The first-order valence-corrected chi connectivity index (χ1v) is 5.21. The Hall–Kier alpha value is -1.20. The van der Waals surface area contributed by atoms with E-state index in [9.17, 15) is 9.59 Å². The maximum atomic E-state index is 11.5. The smallest absolute Gasteiger partial charge is 0.299 e. The molecule has 1 aliphatic heterocycles. The molecular weight excluding hydrogens is 262 g/mol. The Morgan fingerprint density at radius 1 is 1.33 bits per heavy atom. The minimum absolute atomic E-state index is 0.152. The third kappa shape index (κ3) is 1.57. The number of β-amino-alcohol motifs (C(OH)–C–C–N with tert-alkyl or cyclic N) is 1. The van der Waals surface area contributed by atoms with Gasteiger partial charge in [0.05, 0.1) is 17.9 Å². The van der Waals surface area contributed by atoms with E-state index in [2.05, 4.69) is 15.9 Å². The molecule has 0 aromatic heterocycles. The van der Waals surface area contributed by atoms with Gasteiger partial charge in [-0.2, -0.15) is 0 Å². The van der Waals surface area contributed by atoms with E-state index in [1.165, 1.54) is 4.90 Å². The van der Waals surface area contributed by atoms with Crippen molar-refractivity contribution in [2.75, 3.05) is 18.1 Å². The molecule has 1 aromatic rings. The van der Waals surface area contributed by atoms with Crippen LogP contribution < -0.4 is 4.90 Å². The van der Waals surface area contributed by atoms with E-state index in [-0.39, 0.29) is 13.2 Å². The molecule has 0 fully saturated rings. The molecule has 0 unspecified atom stereocenters. The van der Waals surface area contributed by atoms with E-state index in [0.29, 0.717) is 11.3 Å². The van der Waals surface area contributed by atoms with Gasteiger partial charge in [0.25, 0.3) is 11.7 Å². The third-order valence-electron chi connectivity index (χ3n) is 2.26. The van der Waals surface area contributed by atoms with Crippen LogP contribution in [0.4, 0.5) is 5.69 Å².